The molecule has 2 heterocycles. The molecule has 0 bridgehead atoms. The maximum absolute atomic E-state index is 13.9. The van der Waals surface area contributed by atoms with E-state index in [1.807, 2.05) is 36.7 Å². The van der Waals surface area contributed by atoms with Crippen molar-refractivity contribution < 1.29 is 17.9 Å². The number of carbonyl (C=O) groups excluding carboxylic acids is 1. The average Bonchev–Trinajstić information content (AvgIpc) is 3.19. The van der Waals surface area contributed by atoms with E-state index in [0.717, 1.165) is 26.5 Å². The third kappa shape index (κ3) is 5.95. The summed E-state index contributed by atoms with van der Waals surface area (Å²) in [6.07, 6.45) is 2.65. The lowest BCUT2D eigenvalue weighted by atomic mass is 10.1. The molecule has 0 spiro atoms. The molecule has 0 saturated heterocycles. The van der Waals surface area contributed by atoms with Crippen LogP contribution in [-0.2, 0) is 26.0 Å². The van der Waals surface area contributed by atoms with Gasteiger partial charge in [0.25, 0.3) is 10.0 Å². The lowest BCUT2D eigenvalue weighted by Gasteiger charge is -2.26. The van der Waals surface area contributed by atoms with Crippen LogP contribution in [-0.4, -0.2) is 41.3 Å². The first-order valence-corrected chi connectivity index (χ1v) is 14.1. The molecule has 38 heavy (non-hydrogen) atoms. The van der Waals surface area contributed by atoms with Crippen LogP contribution < -0.4 is 4.31 Å². The van der Waals surface area contributed by atoms with Gasteiger partial charge in [0.15, 0.2) is 5.82 Å². The van der Waals surface area contributed by atoms with Crippen LogP contribution in [0.4, 0.5) is 5.69 Å². The molecule has 2 aromatic carbocycles. The number of hydrogen-bond acceptors (Lipinski definition) is 6. The summed E-state index contributed by atoms with van der Waals surface area (Å²) in [4.78, 5) is 12.7. The zero-order chi connectivity index (χ0) is 27.8. The van der Waals surface area contributed by atoms with Crippen LogP contribution in [0, 0.1) is 6.92 Å². The fraction of sp³-hybridized carbons (Fsp3) is 0.296. The van der Waals surface area contributed by atoms with Crippen molar-refractivity contribution in [2.24, 2.45) is 0 Å². The third-order valence-electron chi connectivity index (χ3n) is 5.69. The molecule has 0 atom stereocenters. The Balaban J connectivity index is 1.87. The number of sulfonamides is 1. The Labute approximate surface area is 232 Å². The molecule has 0 amide bonds. The molecule has 0 N–H and O–H groups in total. The number of halogens is 2. The van der Waals surface area contributed by atoms with Crippen molar-refractivity contribution in [2.45, 2.75) is 51.5 Å². The minimum atomic E-state index is -4.25. The van der Waals surface area contributed by atoms with Crippen molar-refractivity contribution in [2.75, 3.05) is 10.8 Å². The van der Waals surface area contributed by atoms with E-state index in [4.69, 9.17) is 27.9 Å². The van der Waals surface area contributed by atoms with Crippen molar-refractivity contribution in [3.63, 3.8) is 0 Å². The highest BCUT2D eigenvalue weighted by Gasteiger charge is 2.30. The number of aryl methyl sites for hydroxylation is 2. The molecule has 4 rings (SSSR count). The standard InChI is InChI=1S/C27H28Cl2N4O4S/c1-6-18-15-32(25-10-7-17(2)30-31-25)24-9-8-21(14-23(18)24)33(16-26(34)37-27(3,4)5)38(35,36)22-12-19(28)11-20(29)13-22/h7-15H,6,16H2,1-5H3. The number of benzene rings is 2. The Morgan fingerprint density at radius 2 is 1.71 bits per heavy atom. The molecule has 0 saturated carbocycles. The summed E-state index contributed by atoms with van der Waals surface area (Å²) in [5, 5.41) is 9.59. The number of ether oxygens (including phenoxy) is 1. The molecule has 11 heteroatoms. The molecule has 0 aliphatic carbocycles. The van der Waals surface area contributed by atoms with E-state index in [0.29, 0.717) is 17.9 Å². The van der Waals surface area contributed by atoms with Crippen LogP contribution >= 0.6 is 23.2 Å². The molecule has 0 radical (unpaired) electrons. The predicted octanol–water partition coefficient (Wildman–Crippen LogP) is 6.14. The normalized spacial score (nSPS) is 12.1. The van der Waals surface area contributed by atoms with Crippen LogP contribution in [0.15, 0.2) is 59.6 Å². The highest BCUT2D eigenvalue weighted by atomic mass is 35.5. The molecule has 0 unspecified atom stereocenters. The molecule has 0 fully saturated rings. The van der Waals surface area contributed by atoms with E-state index >= 15 is 0 Å². The van der Waals surface area contributed by atoms with Crippen LogP contribution in [0.5, 0.6) is 0 Å². The van der Waals surface area contributed by atoms with Gasteiger partial charge >= 0.3 is 5.97 Å². The number of anilines is 1. The molecule has 0 aliphatic rings. The van der Waals surface area contributed by atoms with Gasteiger partial charge in [0.1, 0.15) is 12.1 Å². The summed E-state index contributed by atoms with van der Waals surface area (Å²) >= 11 is 12.2. The van der Waals surface area contributed by atoms with Crippen LogP contribution in [0.2, 0.25) is 10.0 Å². The van der Waals surface area contributed by atoms with E-state index in [1.165, 1.54) is 18.2 Å². The number of aromatic nitrogens is 3. The van der Waals surface area contributed by atoms with Crippen molar-refractivity contribution in [3.05, 3.63) is 76.0 Å². The summed E-state index contributed by atoms with van der Waals surface area (Å²) in [6, 6.07) is 13.0. The van der Waals surface area contributed by atoms with Gasteiger partial charge in [-0.3, -0.25) is 13.7 Å². The van der Waals surface area contributed by atoms with E-state index in [2.05, 4.69) is 10.2 Å². The quantitative estimate of drug-likeness (QED) is 0.246. The van der Waals surface area contributed by atoms with Crippen LogP contribution in [0.3, 0.4) is 0 Å². The van der Waals surface area contributed by atoms with E-state index < -0.39 is 28.1 Å². The second-order valence-corrected chi connectivity index (χ2v) is 12.6. The zero-order valence-corrected chi connectivity index (χ0v) is 24.0. The second-order valence-electron chi connectivity index (χ2n) is 9.82. The molecule has 4 aromatic rings. The van der Waals surface area contributed by atoms with Gasteiger partial charge in [-0.25, -0.2) is 8.42 Å². The van der Waals surface area contributed by atoms with E-state index in [9.17, 15) is 13.2 Å². The van der Waals surface area contributed by atoms with Gasteiger partial charge in [-0.15, -0.1) is 5.10 Å². The smallest absolute Gasteiger partial charge is 0.327 e. The lowest BCUT2D eigenvalue weighted by molar-refractivity contribution is -0.152. The maximum atomic E-state index is 13.9. The van der Waals surface area contributed by atoms with Crippen LogP contribution in [0.25, 0.3) is 16.7 Å². The Kier molecular flexibility index (Phi) is 7.74. The topological polar surface area (TPSA) is 94.4 Å². The number of hydrogen-bond donors (Lipinski definition) is 0. The zero-order valence-electron chi connectivity index (χ0n) is 21.7. The SMILES string of the molecule is CCc1cn(-c2ccc(C)nn2)c2ccc(N(CC(=O)OC(C)(C)C)S(=O)(=O)c3cc(Cl)cc(Cl)c3)cc12. The summed E-state index contributed by atoms with van der Waals surface area (Å²) in [5.41, 5.74) is 2.10. The van der Waals surface area contributed by atoms with Gasteiger partial charge < -0.3 is 4.74 Å². The Morgan fingerprint density at radius 1 is 1.03 bits per heavy atom. The van der Waals surface area contributed by atoms with Crippen molar-refractivity contribution in [1.82, 2.24) is 14.8 Å². The van der Waals surface area contributed by atoms with Crippen molar-refractivity contribution in [3.8, 4) is 5.82 Å². The number of fused-ring (bicyclic) bond motifs is 1. The maximum Gasteiger partial charge on any atom is 0.327 e. The van der Waals surface area contributed by atoms with Gasteiger partial charge in [0.2, 0.25) is 0 Å². The molecule has 0 aliphatic heterocycles. The van der Waals surface area contributed by atoms with Gasteiger partial charge in [-0.05, 0) is 88.2 Å². The first-order valence-electron chi connectivity index (χ1n) is 11.9. The highest BCUT2D eigenvalue weighted by Crippen LogP contribution is 2.33. The fourth-order valence-electron chi connectivity index (χ4n) is 4.04. The number of carbonyl (C=O) groups is 1. The van der Waals surface area contributed by atoms with Gasteiger partial charge in [-0.1, -0.05) is 30.1 Å². The molecule has 8 nitrogen and oxygen atoms in total. The fourth-order valence-corrected chi connectivity index (χ4v) is 6.17. The minimum Gasteiger partial charge on any atom is -0.459 e. The van der Waals surface area contributed by atoms with Gasteiger partial charge in [-0.2, -0.15) is 5.10 Å². The Morgan fingerprint density at radius 3 is 2.29 bits per heavy atom. The molecular formula is C27H28Cl2N4O4S. The lowest BCUT2D eigenvalue weighted by Crippen LogP contribution is -2.39. The molecule has 200 valence electrons. The predicted molar refractivity (Wildman–Crippen MR) is 150 cm³/mol. The van der Waals surface area contributed by atoms with E-state index in [-0.39, 0.29) is 14.9 Å². The molecular weight excluding hydrogens is 547 g/mol. The molecule has 2 aromatic heterocycles. The minimum absolute atomic E-state index is 0.137. The Bertz CT molecular complexity index is 1590. The van der Waals surface area contributed by atoms with Crippen molar-refractivity contribution in [1.29, 1.82) is 0 Å². The largest absolute Gasteiger partial charge is 0.459 e. The second kappa shape index (κ2) is 10.6. The van der Waals surface area contributed by atoms with Crippen LogP contribution in [0.1, 0.15) is 39.0 Å². The van der Waals surface area contributed by atoms with Gasteiger partial charge in [0.05, 0.1) is 21.8 Å². The highest BCUT2D eigenvalue weighted by molar-refractivity contribution is 7.92. The number of rotatable bonds is 7. The van der Waals surface area contributed by atoms with Gasteiger partial charge in [0, 0.05) is 21.6 Å². The summed E-state index contributed by atoms with van der Waals surface area (Å²) in [5.74, 6) is -0.0580. The van der Waals surface area contributed by atoms with Crippen molar-refractivity contribution >= 4 is 55.8 Å². The first kappa shape index (κ1) is 27.9. The monoisotopic (exact) mass is 574 g/mol. The Hall–Kier alpha value is -3.14. The summed E-state index contributed by atoms with van der Waals surface area (Å²) in [7, 11) is -4.25. The first-order chi connectivity index (χ1) is 17.8. The number of esters is 1. The summed E-state index contributed by atoms with van der Waals surface area (Å²) in [6.45, 7) is 8.49. The number of nitrogens with zero attached hydrogens (tertiary/aromatic N) is 4. The third-order valence-corrected chi connectivity index (χ3v) is 7.87. The summed E-state index contributed by atoms with van der Waals surface area (Å²) < 4.78 is 36.1. The van der Waals surface area contributed by atoms with E-state index in [1.54, 1.807) is 39.0 Å². The average molecular weight is 576 g/mol.